The predicted molar refractivity (Wildman–Crippen MR) is 61.0 cm³/mol. The van der Waals surface area contributed by atoms with E-state index in [9.17, 15) is 4.79 Å². The minimum absolute atomic E-state index is 0.242. The van der Waals surface area contributed by atoms with E-state index in [2.05, 4.69) is 6.92 Å². The van der Waals surface area contributed by atoms with Crippen LogP contribution in [0.2, 0.25) is 0 Å². The SMILES string of the molecule is CCCN(CC(N)=S)C(=O)C1CCC1. The first-order valence-corrected chi connectivity index (χ1v) is 5.63. The molecule has 3 nitrogen and oxygen atoms in total. The van der Waals surface area contributed by atoms with Crippen LogP contribution < -0.4 is 5.73 Å². The molecule has 14 heavy (non-hydrogen) atoms. The number of hydrogen-bond acceptors (Lipinski definition) is 2. The molecule has 1 fully saturated rings. The van der Waals surface area contributed by atoms with Crippen molar-refractivity contribution in [2.75, 3.05) is 13.1 Å². The first-order valence-electron chi connectivity index (χ1n) is 5.22. The molecule has 1 amide bonds. The first-order chi connectivity index (χ1) is 6.65. The zero-order valence-electron chi connectivity index (χ0n) is 8.66. The van der Waals surface area contributed by atoms with Crippen molar-refractivity contribution in [1.29, 1.82) is 0 Å². The molecule has 1 aliphatic rings. The van der Waals surface area contributed by atoms with Crippen LogP contribution in [0.25, 0.3) is 0 Å². The van der Waals surface area contributed by atoms with Gasteiger partial charge in [-0.2, -0.15) is 0 Å². The molecule has 1 saturated carbocycles. The molecule has 0 atom stereocenters. The molecule has 0 aromatic heterocycles. The third-order valence-electron chi connectivity index (χ3n) is 2.61. The number of rotatable bonds is 5. The summed E-state index contributed by atoms with van der Waals surface area (Å²) in [6.45, 7) is 3.27. The van der Waals surface area contributed by atoms with E-state index < -0.39 is 0 Å². The summed E-state index contributed by atoms with van der Waals surface area (Å²) in [6.07, 6.45) is 4.22. The van der Waals surface area contributed by atoms with E-state index in [1.54, 1.807) is 4.90 Å². The number of thiocarbonyl (C=S) groups is 1. The third-order valence-corrected chi connectivity index (χ3v) is 2.74. The lowest BCUT2D eigenvalue weighted by atomic mass is 9.84. The van der Waals surface area contributed by atoms with E-state index >= 15 is 0 Å². The molecule has 0 aliphatic heterocycles. The maximum atomic E-state index is 11.9. The smallest absolute Gasteiger partial charge is 0.226 e. The number of amides is 1. The van der Waals surface area contributed by atoms with Crippen molar-refractivity contribution in [2.24, 2.45) is 11.7 Å². The molecule has 0 radical (unpaired) electrons. The molecular formula is C10H18N2OS. The molecule has 4 heteroatoms. The fraction of sp³-hybridized carbons (Fsp3) is 0.800. The van der Waals surface area contributed by atoms with Crippen LogP contribution in [0.1, 0.15) is 32.6 Å². The summed E-state index contributed by atoms with van der Waals surface area (Å²) in [7, 11) is 0. The van der Waals surface area contributed by atoms with Gasteiger partial charge in [0.05, 0.1) is 11.5 Å². The fourth-order valence-electron chi connectivity index (χ4n) is 1.64. The molecule has 0 bridgehead atoms. The maximum Gasteiger partial charge on any atom is 0.226 e. The molecule has 1 aliphatic carbocycles. The van der Waals surface area contributed by atoms with Crippen molar-refractivity contribution in [3.05, 3.63) is 0 Å². The summed E-state index contributed by atoms with van der Waals surface area (Å²) in [5, 5.41) is 0. The largest absolute Gasteiger partial charge is 0.392 e. The Hall–Kier alpha value is -0.640. The van der Waals surface area contributed by atoms with Gasteiger partial charge in [0, 0.05) is 12.5 Å². The Bertz CT molecular complexity index is 226. The van der Waals surface area contributed by atoms with Gasteiger partial charge in [-0.05, 0) is 19.3 Å². The molecule has 1 rings (SSSR count). The highest BCUT2D eigenvalue weighted by Crippen LogP contribution is 2.28. The second kappa shape index (κ2) is 5.29. The minimum Gasteiger partial charge on any atom is -0.392 e. The highest BCUT2D eigenvalue weighted by atomic mass is 32.1. The summed E-state index contributed by atoms with van der Waals surface area (Å²) >= 11 is 4.83. The standard InChI is InChI=1S/C10H18N2OS/c1-2-6-12(7-9(11)14)10(13)8-4-3-5-8/h8H,2-7H2,1H3,(H2,11,14). The molecular weight excluding hydrogens is 196 g/mol. The zero-order chi connectivity index (χ0) is 10.6. The van der Waals surface area contributed by atoms with E-state index in [0.717, 1.165) is 25.8 Å². The monoisotopic (exact) mass is 214 g/mol. The van der Waals surface area contributed by atoms with Gasteiger partial charge >= 0.3 is 0 Å². The van der Waals surface area contributed by atoms with Crippen LogP contribution in [-0.4, -0.2) is 28.9 Å². The predicted octanol–water partition coefficient (Wildman–Crippen LogP) is 1.31. The fourth-order valence-corrected chi connectivity index (χ4v) is 1.79. The highest BCUT2D eigenvalue weighted by Gasteiger charge is 2.29. The second-order valence-corrected chi connectivity index (χ2v) is 4.38. The zero-order valence-corrected chi connectivity index (χ0v) is 9.48. The molecule has 0 aromatic carbocycles. The molecule has 0 spiro atoms. The summed E-state index contributed by atoms with van der Waals surface area (Å²) < 4.78 is 0. The van der Waals surface area contributed by atoms with Crippen LogP contribution in [0.3, 0.4) is 0 Å². The lowest BCUT2D eigenvalue weighted by Gasteiger charge is -2.31. The Morgan fingerprint density at radius 2 is 2.21 bits per heavy atom. The number of hydrogen-bond donors (Lipinski definition) is 1. The maximum absolute atomic E-state index is 11.9. The van der Waals surface area contributed by atoms with E-state index in [4.69, 9.17) is 18.0 Å². The lowest BCUT2D eigenvalue weighted by Crippen LogP contribution is -2.43. The van der Waals surface area contributed by atoms with Crippen molar-refractivity contribution in [2.45, 2.75) is 32.6 Å². The van der Waals surface area contributed by atoms with Gasteiger partial charge in [-0.1, -0.05) is 25.6 Å². The Morgan fingerprint density at radius 3 is 2.57 bits per heavy atom. The van der Waals surface area contributed by atoms with Crippen LogP contribution >= 0.6 is 12.2 Å². The van der Waals surface area contributed by atoms with Gasteiger partial charge in [0.2, 0.25) is 5.91 Å². The van der Waals surface area contributed by atoms with E-state index in [1.165, 1.54) is 6.42 Å². The highest BCUT2D eigenvalue weighted by molar-refractivity contribution is 7.80. The minimum atomic E-state index is 0.242. The molecule has 0 aromatic rings. The Balaban J connectivity index is 2.46. The molecule has 2 N–H and O–H groups in total. The summed E-state index contributed by atoms with van der Waals surface area (Å²) in [5.74, 6) is 0.488. The van der Waals surface area contributed by atoms with Crippen molar-refractivity contribution in [3.63, 3.8) is 0 Å². The van der Waals surface area contributed by atoms with Gasteiger partial charge in [-0.15, -0.1) is 0 Å². The number of nitrogens with two attached hydrogens (primary N) is 1. The van der Waals surface area contributed by atoms with Crippen LogP contribution in [0.5, 0.6) is 0 Å². The van der Waals surface area contributed by atoms with E-state index in [1.807, 2.05) is 0 Å². The molecule has 80 valence electrons. The average molecular weight is 214 g/mol. The normalized spacial score (nSPS) is 16.1. The van der Waals surface area contributed by atoms with Gasteiger partial charge in [0.15, 0.2) is 0 Å². The quantitative estimate of drug-likeness (QED) is 0.702. The molecule has 0 saturated heterocycles. The molecule has 0 unspecified atom stereocenters. The van der Waals surface area contributed by atoms with Gasteiger partial charge in [0.25, 0.3) is 0 Å². The Labute approximate surface area is 90.6 Å². The van der Waals surface area contributed by atoms with Crippen LogP contribution in [-0.2, 0) is 4.79 Å². The lowest BCUT2D eigenvalue weighted by molar-refractivity contribution is -0.137. The van der Waals surface area contributed by atoms with Gasteiger partial charge in [-0.3, -0.25) is 4.79 Å². The topological polar surface area (TPSA) is 46.3 Å². The number of carbonyl (C=O) groups is 1. The van der Waals surface area contributed by atoms with E-state index in [-0.39, 0.29) is 11.8 Å². The van der Waals surface area contributed by atoms with Crippen molar-refractivity contribution < 1.29 is 4.79 Å². The van der Waals surface area contributed by atoms with Crippen LogP contribution in [0.4, 0.5) is 0 Å². The van der Waals surface area contributed by atoms with Crippen LogP contribution in [0.15, 0.2) is 0 Å². The van der Waals surface area contributed by atoms with Gasteiger partial charge in [-0.25, -0.2) is 0 Å². The summed E-state index contributed by atoms with van der Waals surface area (Å²) in [5.41, 5.74) is 5.46. The summed E-state index contributed by atoms with van der Waals surface area (Å²) in [6, 6.07) is 0. The van der Waals surface area contributed by atoms with E-state index in [0.29, 0.717) is 11.5 Å². The summed E-state index contributed by atoms with van der Waals surface area (Å²) in [4.78, 5) is 14.1. The van der Waals surface area contributed by atoms with Crippen molar-refractivity contribution in [3.8, 4) is 0 Å². The second-order valence-electron chi connectivity index (χ2n) is 3.85. The molecule has 0 heterocycles. The number of nitrogens with zero attached hydrogens (tertiary/aromatic N) is 1. The Kier molecular flexibility index (Phi) is 4.32. The first kappa shape index (κ1) is 11.4. The van der Waals surface area contributed by atoms with Crippen molar-refractivity contribution in [1.82, 2.24) is 4.90 Å². The average Bonchev–Trinajstić information content (AvgIpc) is 1.99. The van der Waals surface area contributed by atoms with Gasteiger partial charge in [0.1, 0.15) is 0 Å². The van der Waals surface area contributed by atoms with Crippen molar-refractivity contribution >= 4 is 23.1 Å². The number of carbonyl (C=O) groups excluding carboxylic acids is 1. The third kappa shape index (κ3) is 2.94. The van der Waals surface area contributed by atoms with Gasteiger partial charge < -0.3 is 10.6 Å². The Morgan fingerprint density at radius 1 is 1.57 bits per heavy atom. The van der Waals surface area contributed by atoms with Crippen LogP contribution in [0, 0.1) is 5.92 Å².